The summed E-state index contributed by atoms with van der Waals surface area (Å²) in [5.74, 6) is -1.18. The number of ether oxygens (including phenoxy) is 1. The number of benzene rings is 2. The summed E-state index contributed by atoms with van der Waals surface area (Å²) in [5, 5.41) is 6.24. The number of aromatic nitrogens is 1. The van der Waals surface area contributed by atoms with Gasteiger partial charge in [0.1, 0.15) is 6.61 Å². The van der Waals surface area contributed by atoms with Crippen molar-refractivity contribution < 1.29 is 27.3 Å². The van der Waals surface area contributed by atoms with Crippen molar-refractivity contribution in [2.75, 3.05) is 5.32 Å². The van der Waals surface area contributed by atoms with Crippen molar-refractivity contribution >= 4 is 27.5 Å². The predicted octanol–water partition coefficient (Wildman–Crippen LogP) is 2.33. The lowest BCUT2D eigenvalue weighted by Crippen LogP contribution is -2.28. The topological polar surface area (TPSA) is 128 Å². The van der Waals surface area contributed by atoms with Crippen LogP contribution in [-0.4, -0.2) is 25.4 Å². The second-order valence-corrected chi connectivity index (χ2v) is 7.63. The number of amides is 2. The molecule has 0 bridgehead atoms. The average Bonchev–Trinajstić information content (AvgIpc) is 3.16. The summed E-state index contributed by atoms with van der Waals surface area (Å²) in [7, 11) is -3.94. The van der Waals surface area contributed by atoms with Gasteiger partial charge in [0, 0.05) is 12.6 Å². The number of hydrogen-bond donors (Lipinski definition) is 2. The normalized spacial score (nSPS) is 10.9. The molecule has 0 saturated carbocycles. The van der Waals surface area contributed by atoms with Crippen molar-refractivity contribution in [1.29, 1.82) is 0 Å². The predicted molar refractivity (Wildman–Crippen MR) is 103 cm³/mol. The number of carbonyl (C=O) groups is 2. The minimum absolute atomic E-state index is 0.0667. The van der Waals surface area contributed by atoms with E-state index in [0.717, 1.165) is 12.5 Å². The first kappa shape index (κ1) is 20.1. The van der Waals surface area contributed by atoms with Crippen molar-refractivity contribution in [2.24, 2.45) is 0 Å². The van der Waals surface area contributed by atoms with E-state index in [2.05, 4.69) is 10.5 Å². The monoisotopic (exact) mass is 415 g/mol. The molecular formula is C19H17N3O6S. The fraction of sp³-hybridized carbons (Fsp3) is 0.105. The van der Waals surface area contributed by atoms with Gasteiger partial charge in [-0.1, -0.05) is 30.3 Å². The molecule has 2 amide bonds. The molecule has 0 spiro atoms. The maximum Gasteiger partial charge on any atom is 0.294 e. The number of sulfonamides is 1. The van der Waals surface area contributed by atoms with Crippen LogP contribution in [0.2, 0.25) is 0 Å². The van der Waals surface area contributed by atoms with Gasteiger partial charge in [-0.2, -0.15) is 0 Å². The number of anilines is 1. The summed E-state index contributed by atoms with van der Waals surface area (Å²) in [6.07, 6.45) is 0. The highest BCUT2D eigenvalue weighted by Gasteiger charge is 2.17. The Balaban J connectivity index is 1.60. The standard InChI is InChI=1S/C19H17N3O6S/c1-13(23)22-29(25,26)16-9-7-15(8-10-16)20-19(24)17-11-18(21-28-17)27-12-14-5-3-2-4-6-14/h2-11H,12H2,1H3,(H,20,24)(H,22,23). The zero-order valence-electron chi connectivity index (χ0n) is 15.3. The molecule has 2 aromatic carbocycles. The van der Waals surface area contributed by atoms with Crippen molar-refractivity contribution in [3.05, 3.63) is 72.0 Å². The first-order valence-corrected chi connectivity index (χ1v) is 9.90. The van der Waals surface area contributed by atoms with Gasteiger partial charge in [0.05, 0.1) is 11.0 Å². The zero-order chi connectivity index (χ0) is 20.9. The molecular weight excluding hydrogens is 398 g/mol. The Kier molecular flexibility index (Phi) is 5.93. The molecule has 9 nitrogen and oxygen atoms in total. The third-order valence-electron chi connectivity index (χ3n) is 3.64. The second kappa shape index (κ2) is 8.57. The largest absolute Gasteiger partial charge is 0.471 e. The molecule has 0 atom stereocenters. The molecule has 2 N–H and O–H groups in total. The molecule has 1 heterocycles. The van der Waals surface area contributed by atoms with E-state index < -0.39 is 21.8 Å². The summed E-state index contributed by atoms with van der Waals surface area (Å²) in [6.45, 7) is 1.38. The highest BCUT2D eigenvalue weighted by atomic mass is 32.2. The van der Waals surface area contributed by atoms with Gasteiger partial charge in [0.15, 0.2) is 0 Å². The molecule has 3 aromatic rings. The van der Waals surface area contributed by atoms with Gasteiger partial charge < -0.3 is 14.6 Å². The van der Waals surface area contributed by atoms with Crippen molar-refractivity contribution in [3.8, 4) is 5.88 Å². The average molecular weight is 415 g/mol. The highest BCUT2D eigenvalue weighted by molar-refractivity contribution is 7.90. The molecule has 0 aliphatic rings. The van der Waals surface area contributed by atoms with Crippen LogP contribution in [0.25, 0.3) is 0 Å². The fourth-order valence-corrected chi connectivity index (χ4v) is 3.31. The number of nitrogens with one attached hydrogen (secondary N) is 2. The summed E-state index contributed by atoms with van der Waals surface area (Å²) in [5.41, 5.74) is 1.27. The third kappa shape index (κ3) is 5.42. The Labute approximate surface area is 166 Å². The summed E-state index contributed by atoms with van der Waals surface area (Å²) >= 11 is 0. The van der Waals surface area contributed by atoms with Gasteiger partial charge in [-0.15, -0.1) is 0 Å². The lowest BCUT2D eigenvalue weighted by atomic mass is 10.2. The lowest BCUT2D eigenvalue weighted by Gasteiger charge is -2.06. The van der Waals surface area contributed by atoms with Crippen LogP contribution < -0.4 is 14.8 Å². The van der Waals surface area contributed by atoms with Gasteiger partial charge in [0.2, 0.25) is 11.7 Å². The summed E-state index contributed by atoms with van der Waals surface area (Å²) in [6, 6.07) is 16.1. The van der Waals surface area contributed by atoms with E-state index in [1.165, 1.54) is 30.3 Å². The lowest BCUT2D eigenvalue weighted by molar-refractivity contribution is -0.117. The minimum Gasteiger partial charge on any atom is -0.471 e. The highest BCUT2D eigenvalue weighted by Crippen LogP contribution is 2.17. The van der Waals surface area contributed by atoms with E-state index in [1.807, 2.05) is 35.1 Å². The number of nitrogens with zero attached hydrogens (tertiary/aromatic N) is 1. The number of hydrogen-bond acceptors (Lipinski definition) is 7. The maximum absolute atomic E-state index is 12.3. The number of rotatable bonds is 7. The van der Waals surface area contributed by atoms with Gasteiger partial charge in [-0.25, -0.2) is 13.1 Å². The third-order valence-corrected chi connectivity index (χ3v) is 5.09. The minimum atomic E-state index is -3.94. The van der Waals surface area contributed by atoms with Crippen LogP contribution in [0.5, 0.6) is 5.88 Å². The van der Waals surface area contributed by atoms with Crippen LogP contribution >= 0.6 is 0 Å². The Morgan fingerprint density at radius 3 is 2.41 bits per heavy atom. The van der Waals surface area contributed by atoms with Crippen LogP contribution in [0.15, 0.2) is 70.1 Å². The Morgan fingerprint density at radius 1 is 1.07 bits per heavy atom. The molecule has 0 radical (unpaired) electrons. The van der Waals surface area contributed by atoms with E-state index in [-0.39, 0.29) is 23.1 Å². The smallest absolute Gasteiger partial charge is 0.294 e. The molecule has 0 aliphatic carbocycles. The van der Waals surface area contributed by atoms with Gasteiger partial charge >= 0.3 is 0 Å². The molecule has 0 saturated heterocycles. The van der Waals surface area contributed by atoms with E-state index in [4.69, 9.17) is 9.26 Å². The number of carbonyl (C=O) groups excluding carboxylic acids is 2. The quantitative estimate of drug-likeness (QED) is 0.606. The fourth-order valence-electron chi connectivity index (χ4n) is 2.32. The van der Waals surface area contributed by atoms with Crippen LogP contribution in [0.4, 0.5) is 5.69 Å². The maximum atomic E-state index is 12.3. The van der Waals surface area contributed by atoms with Crippen molar-refractivity contribution in [1.82, 2.24) is 9.88 Å². The molecule has 1 aromatic heterocycles. The molecule has 10 heteroatoms. The Hall–Kier alpha value is -3.66. The van der Waals surface area contributed by atoms with E-state index in [0.29, 0.717) is 5.69 Å². The van der Waals surface area contributed by atoms with Gasteiger partial charge in [-0.05, 0) is 35.0 Å². The Morgan fingerprint density at radius 2 is 1.76 bits per heavy atom. The zero-order valence-corrected chi connectivity index (χ0v) is 16.1. The van der Waals surface area contributed by atoms with Crippen molar-refractivity contribution in [2.45, 2.75) is 18.4 Å². The first-order valence-electron chi connectivity index (χ1n) is 8.42. The first-order chi connectivity index (χ1) is 13.8. The molecule has 3 rings (SSSR count). The van der Waals surface area contributed by atoms with Crippen LogP contribution in [0.1, 0.15) is 23.0 Å². The van der Waals surface area contributed by atoms with Crippen LogP contribution in [-0.2, 0) is 21.4 Å². The van der Waals surface area contributed by atoms with Gasteiger partial charge in [-0.3, -0.25) is 9.59 Å². The van der Waals surface area contributed by atoms with Gasteiger partial charge in [0.25, 0.3) is 21.8 Å². The summed E-state index contributed by atoms with van der Waals surface area (Å²) < 4.78 is 36.1. The summed E-state index contributed by atoms with van der Waals surface area (Å²) in [4.78, 5) is 23.1. The SMILES string of the molecule is CC(=O)NS(=O)(=O)c1ccc(NC(=O)c2cc(OCc3ccccc3)no2)cc1. The molecule has 0 fully saturated rings. The van der Waals surface area contributed by atoms with Crippen molar-refractivity contribution in [3.63, 3.8) is 0 Å². The Bertz CT molecular complexity index is 1110. The molecule has 29 heavy (non-hydrogen) atoms. The van der Waals surface area contributed by atoms with Crippen LogP contribution in [0.3, 0.4) is 0 Å². The van der Waals surface area contributed by atoms with E-state index in [9.17, 15) is 18.0 Å². The second-order valence-electron chi connectivity index (χ2n) is 5.94. The molecule has 0 aliphatic heterocycles. The van der Waals surface area contributed by atoms with E-state index in [1.54, 1.807) is 0 Å². The molecule has 150 valence electrons. The van der Waals surface area contributed by atoms with Crippen LogP contribution in [0, 0.1) is 0 Å². The van der Waals surface area contributed by atoms with E-state index >= 15 is 0 Å². The molecule has 0 unspecified atom stereocenters.